The van der Waals surface area contributed by atoms with E-state index in [1.54, 1.807) is 0 Å². The van der Waals surface area contributed by atoms with Crippen molar-refractivity contribution in [2.45, 2.75) is 38.6 Å². The number of para-hydroxylation sites is 2. The highest BCUT2D eigenvalue weighted by Gasteiger charge is 2.16. The van der Waals surface area contributed by atoms with E-state index in [4.69, 9.17) is 20.3 Å². The Morgan fingerprint density at radius 2 is 1.74 bits per heavy atom. The zero-order chi connectivity index (χ0) is 14.1. The van der Waals surface area contributed by atoms with Crippen LogP contribution in [0.1, 0.15) is 33.1 Å². The third-order valence-electron chi connectivity index (χ3n) is 2.82. The van der Waals surface area contributed by atoms with Crippen molar-refractivity contribution in [3.63, 3.8) is 0 Å². The van der Waals surface area contributed by atoms with E-state index < -0.39 is 5.54 Å². The lowest BCUT2D eigenvalue weighted by molar-refractivity contribution is 0.187. The number of nitrogens with two attached hydrogens (primary N) is 1. The quantitative estimate of drug-likeness (QED) is 0.674. The molecule has 0 saturated heterocycles. The van der Waals surface area contributed by atoms with E-state index in [0.29, 0.717) is 13.2 Å². The molecule has 0 bridgehead atoms. The van der Waals surface area contributed by atoms with E-state index in [1.807, 2.05) is 31.2 Å². The molecule has 0 aliphatic heterocycles. The molecular formula is C15H25NO3. The fourth-order valence-corrected chi connectivity index (χ4v) is 1.64. The van der Waals surface area contributed by atoms with Gasteiger partial charge in [-0.15, -0.1) is 0 Å². The molecule has 1 aromatic carbocycles. The molecule has 0 saturated carbocycles. The van der Waals surface area contributed by atoms with E-state index in [2.05, 4.69) is 6.92 Å². The first-order chi connectivity index (χ1) is 9.09. The average molecular weight is 267 g/mol. The highest BCUT2D eigenvalue weighted by atomic mass is 16.5. The van der Waals surface area contributed by atoms with E-state index in [0.717, 1.165) is 30.8 Å². The molecule has 0 fully saturated rings. The number of benzene rings is 1. The second-order valence-corrected chi connectivity index (χ2v) is 5.06. The molecule has 0 heterocycles. The van der Waals surface area contributed by atoms with Gasteiger partial charge in [0.15, 0.2) is 11.5 Å². The summed E-state index contributed by atoms with van der Waals surface area (Å²) in [5, 5.41) is 9.07. The Balaban J connectivity index is 2.40. The molecule has 1 rings (SSSR count). The van der Waals surface area contributed by atoms with Crippen molar-refractivity contribution in [2.24, 2.45) is 5.73 Å². The van der Waals surface area contributed by atoms with Gasteiger partial charge >= 0.3 is 0 Å². The maximum absolute atomic E-state index is 9.07. The van der Waals surface area contributed by atoms with Crippen LogP contribution >= 0.6 is 0 Å². The largest absolute Gasteiger partial charge is 0.490 e. The predicted molar refractivity (Wildman–Crippen MR) is 76.6 cm³/mol. The SMILES string of the molecule is CCCOc1ccccc1OCCCC(C)(N)CO. The summed E-state index contributed by atoms with van der Waals surface area (Å²) < 4.78 is 11.3. The lowest BCUT2D eigenvalue weighted by Crippen LogP contribution is -2.40. The second kappa shape index (κ2) is 8.02. The van der Waals surface area contributed by atoms with E-state index in [9.17, 15) is 0 Å². The third-order valence-corrected chi connectivity index (χ3v) is 2.82. The van der Waals surface area contributed by atoms with Crippen LogP contribution in [0.5, 0.6) is 11.5 Å². The van der Waals surface area contributed by atoms with Crippen molar-refractivity contribution in [3.05, 3.63) is 24.3 Å². The predicted octanol–water partition coefficient (Wildman–Crippen LogP) is 2.34. The van der Waals surface area contributed by atoms with Crippen LogP contribution in [0.15, 0.2) is 24.3 Å². The molecule has 0 spiro atoms. The van der Waals surface area contributed by atoms with Crippen LogP contribution in [-0.4, -0.2) is 30.5 Å². The zero-order valence-electron chi connectivity index (χ0n) is 11.9. The number of ether oxygens (including phenoxy) is 2. The molecule has 1 unspecified atom stereocenters. The first-order valence-electron chi connectivity index (χ1n) is 6.83. The molecule has 19 heavy (non-hydrogen) atoms. The van der Waals surface area contributed by atoms with Crippen molar-refractivity contribution in [1.82, 2.24) is 0 Å². The minimum Gasteiger partial charge on any atom is -0.490 e. The normalized spacial score (nSPS) is 13.9. The Labute approximate surface area is 115 Å². The number of hydrogen-bond donors (Lipinski definition) is 2. The number of aliphatic hydroxyl groups is 1. The molecule has 1 aromatic rings. The van der Waals surface area contributed by atoms with Crippen molar-refractivity contribution >= 4 is 0 Å². The van der Waals surface area contributed by atoms with Gasteiger partial charge in [-0.1, -0.05) is 19.1 Å². The summed E-state index contributed by atoms with van der Waals surface area (Å²) in [7, 11) is 0. The first kappa shape index (κ1) is 15.8. The summed E-state index contributed by atoms with van der Waals surface area (Å²) in [6.07, 6.45) is 2.49. The zero-order valence-corrected chi connectivity index (χ0v) is 11.9. The van der Waals surface area contributed by atoms with Crippen LogP contribution in [0, 0.1) is 0 Å². The number of aliphatic hydroxyl groups excluding tert-OH is 1. The summed E-state index contributed by atoms with van der Waals surface area (Å²) in [5.41, 5.74) is 5.33. The average Bonchev–Trinajstić information content (AvgIpc) is 2.42. The first-order valence-corrected chi connectivity index (χ1v) is 6.83. The van der Waals surface area contributed by atoms with Crippen LogP contribution in [-0.2, 0) is 0 Å². The molecule has 0 amide bonds. The van der Waals surface area contributed by atoms with Crippen molar-refractivity contribution in [1.29, 1.82) is 0 Å². The molecule has 4 nitrogen and oxygen atoms in total. The summed E-state index contributed by atoms with van der Waals surface area (Å²) in [5.74, 6) is 1.54. The van der Waals surface area contributed by atoms with Gasteiger partial charge in [-0.3, -0.25) is 0 Å². The van der Waals surface area contributed by atoms with Gasteiger partial charge in [-0.05, 0) is 38.3 Å². The summed E-state index contributed by atoms with van der Waals surface area (Å²) in [6, 6.07) is 7.67. The topological polar surface area (TPSA) is 64.7 Å². The fraction of sp³-hybridized carbons (Fsp3) is 0.600. The Bertz CT molecular complexity index is 366. The Hall–Kier alpha value is -1.26. The maximum Gasteiger partial charge on any atom is 0.161 e. The standard InChI is InChI=1S/C15H25NO3/c1-3-10-18-13-7-4-5-8-14(13)19-11-6-9-15(2,16)12-17/h4-5,7-8,17H,3,6,9-12,16H2,1-2H3. The van der Waals surface area contributed by atoms with Gasteiger partial charge in [0.2, 0.25) is 0 Å². The van der Waals surface area contributed by atoms with E-state index in [1.165, 1.54) is 0 Å². The van der Waals surface area contributed by atoms with Gasteiger partial charge in [0.25, 0.3) is 0 Å². The van der Waals surface area contributed by atoms with Crippen molar-refractivity contribution in [2.75, 3.05) is 19.8 Å². The van der Waals surface area contributed by atoms with Crippen LogP contribution < -0.4 is 15.2 Å². The third kappa shape index (κ3) is 5.94. The van der Waals surface area contributed by atoms with Crippen molar-refractivity contribution in [3.8, 4) is 11.5 Å². The van der Waals surface area contributed by atoms with Gasteiger partial charge < -0.3 is 20.3 Å². The molecule has 1 atom stereocenters. The van der Waals surface area contributed by atoms with E-state index in [-0.39, 0.29) is 6.61 Å². The highest BCUT2D eigenvalue weighted by molar-refractivity contribution is 5.39. The summed E-state index contributed by atoms with van der Waals surface area (Å²) in [4.78, 5) is 0. The molecule has 0 aliphatic rings. The molecular weight excluding hydrogens is 242 g/mol. The number of rotatable bonds is 9. The van der Waals surface area contributed by atoms with Crippen LogP contribution in [0.2, 0.25) is 0 Å². The number of hydrogen-bond acceptors (Lipinski definition) is 4. The maximum atomic E-state index is 9.07. The minimum absolute atomic E-state index is 0.0107. The van der Waals surface area contributed by atoms with Crippen molar-refractivity contribution < 1.29 is 14.6 Å². The van der Waals surface area contributed by atoms with Gasteiger partial charge in [0, 0.05) is 5.54 Å². The monoisotopic (exact) mass is 267 g/mol. The molecule has 0 aromatic heterocycles. The lowest BCUT2D eigenvalue weighted by Gasteiger charge is -2.21. The smallest absolute Gasteiger partial charge is 0.161 e. The van der Waals surface area contributed by atoms with Gasteiger partial charge in [-0.25, -0.2) is 0 Å². The second-order valence-electron chi connectivity index (χ2n) is 5.06. The van der Waals surface area contributed by atoms with Crippen LogP contribution in [0.4, 0.5) is 0 Å². The van der Waals surface area contributed by atoms with E-state index >= 15 is 0 Å². The molecule has 0 radical (unpaired) electrons. The van der Waals surface area contributed by atoms with Gasteiger partial charge in [0.1, 0.15) is 0 Å². The summed E-state index contributed by atoms with van der Waals surface area (Å²) in [6.45, 7) is 5.15. The molecule has 108 valence electrons. The Kier molecular flexibility index (Phi) is 6.67. The molecule has 4 heteroatoms. The lowest BCUT2D eigenvalue weighted by atomic mass is 9.99. The highest BCUT2D eigenvalue weighted by Crippen LogP contribution is 2.26. The fourth-order valence-electron chi connectivity index (χ4n) is 1.64. The Morgan fingerprint density at radius 3 is 2.26 bits per heavy atom. The minimum atomic E-state index is -0.526. The van der Waals surface area contributed by atoms with Gasteiger partial charge in [0.05, 0.1) is 19.8 Å². The van der Waals surface area contributed by atoms with Crippen LogP contribution in [0.3, 0.4) is 0 Å². The molecule has 3 N–H and O–H groups in total. The van der Waals surface area contributed by atoms with Gasteiger partial charge in [-0.2, -0.15) is 0 Å². The Morgan fingerprint density at radius 1 is 1.16 bits per heavy atom. The van der Waals surface area contributed by atoms with Crippen LogP contribution in [0.25, 0.3) is 0 Å². The molecule has 0 aliphatic carbocycles. The summed E-state index contributed by atoms with van der Waals surface area (Å²) >= 11 is 0.